The van der Waals surface area contributed by atoms with Crippen molar-refractivity contribution in [2.45, 2.75) is 13.8 Å². The second-order valence-electron chi connectivity index (χ2n) is 7.98. The molecule has 0 N–H and O–H groups in total. The minimum Gasteiger partial charge on any atom is -0.493 e. The summed E-state index contributed by atoms with van der Waals surface area (Å²) in [6, 6.07) is 10.9. The summed E-state index contributed by atoms with van der Waals surface area (Å²) in [5.41, 5.74) is 1.99. The molecule has 0 aliphatic carbocycles. The lowest BCUT2D eigenvalue weighted by Crippen LogP contribution is -2.40. The van der Waals surface area contributed by atoms with Gasteiger partial charge in [0.2, 0.25) is 0 Å². The van der Waals surface area contributed by atoms with Gasteiger partial charge in [-0.3, -0.25) is 14.5 Å². The predicted molar refractivity (Wildman–Crippen MR) is 145 cm³/mol. The van der Waals surface area contributed by atoms with Crippen LogP contribution in [0.5, 0.6) is 11.5 Å². The molecule has 2 aliphatic heterocycles. The summed E-state index contributed by atoms with van der Waals surface area (Å²) in [4.78, 5) is 34.7. The van der Waals surface area contributed by atoms with Crippen molar-refractivity contribution in [2.75, 3.05) is 46.6 Å². The molecule has 190 valence electrons. The minimum atomic E-state index is -0.120. The third-order valence-corrected chi connectivity index (χ3v) is 7.25. The molecule has 8 nitrogen and oxygen atoms in total. The first-order valence-electron chi connectivity index (χ1n) is 11.7. The van der Waals surface area contributed by atoms with Crippen LogP contribution in [0.4, 0.5) is 5.69 Å². The Bertz CT molecular complexity index is 1210. The van der Waals surface area contributed by atoms with Crippen molar-refractivity contribution in [2.24, 2.45) is 4.99 Å². The molecule has 2 saturated heterocycles. The van der Waals surface area contributed by atoms with Crippen LogP contribution in [0.3, 0.4) is 0 Å². The summed E-state index contributed by atoms with van der Waals surface area (Å²) in [5, 5.41) is 0.571. The number of thioether (sulfide) groups is 1. The van der Waals surface area contributed by atoms with E-state index in [1.54, 1.807) is 29.0 Å². The van der Waals surface area contributed by atoms with Crippen molar-refractivity contribution >= 4 is 56.4 Å². The molecule has 0 atom stereocenters. The number of methoxy groups -OCH3 is 1. The SMILES string of the molecule is CCOc1c(Br)cc(/C=C2/SC(=Nc3cccc(C(=O)N4CCOCC4)c3)N(CC)C2=O)cc1OC. The van der Waals surface area contributed by atoms with Crippen LogP contribution in [0.25, 0.3) is 6.08 Å². The molecular formula is C26H28BrN3O5S. The number of amidine groups is 1. The van der Waals surface area contributed by atoms with E-state index in [1.165, 1.54) is 11.8 Å². The van der Waals surface area contributed by atoms with Gasteiger partial charge < -0.3 is 19.1 Å². The maximum absolute atomic E-state index is 13.1. The summed E-state index contributed by atoms with van der Waals surface area (Å²) < 4.78 is 17.2. The highest BCUT2D eigenvalue weighted by atomic mass is 79.9. The van der Waals surface area contributed by atoms with Crippen molar-refractivity contribution in [1.82, 2.24) is 9.80 Å². The van der Waals surface area contributed by atoms with Crippen LogP contribution < -0.4 is 9.47 Å². The van der Waals surface area contributed by atoms with Gasteiger partial charge in [-0.25, -0.2) is 4.99 Å². The lowest BCUT2D eigenvalue weighted by Gasteiger charge is -2.26. The molecule has 0 unspecified atom stereocenters. The van der Waals surface area contributed by atoms with Crippen molar-refractivity contribution in [3.63, 3.8) is 0 Å². The number of hydrogen-bond donors (Lipinski definition) is 0. The molecule has 2 amide bonds. The number of halogens is 1. The standard InChI is InChI=1S/C26H28BrN3O5S/c1-4-30-25(32)22(15-17-13-20(27)23(35-5-2)21(14-17)33-3)36-26(30)28-19-8-6-7-18(16-19)24(31)29-9-11-34-12-10-29/h6-8,13-16H,4-5,9-12H2,1-3H3/b22-15+,28-26?. The molecule has 2 fully saturated rings. The number of carbonyl (C=O) groups excluding carboxylic acids is 2. The molecule has 2 aromatic carbocycles. The topological polar surface area (TPSA) is 80.7 Å². The number of ether oxygens (including phenoxy) is 3. The molecule has 4 rings (SSSR count). The summed E-state index contributed by atoms with van der Waals surface area (Å²) in [7, 11) is 1.58. The van der Waals surface area contributed by atoms with Crippen LogP contribution in [0.2, 0.25) is 0 Å². The number of morpholine rings is 1. The number of hydrogen-bond acceptors (Lipinski definition) is 7. The molecular weight excluding hydrogens is 546 g/mol. The van der Waals surface area contributed by atoms with Crippen molar-refractivity contribution in [3.05, 3.63) is 56.9 Å². The van der Waals surface area contributed by atoms with Gasteiger partial charge in [0.1, 0.15) is 0 Å². The Balaban J connectivity index is 1.60. The lowest BCUT2D eigenvalue weighted by molar-refractivity contribution is -0.122. The van der Waals surface area contributed by atoms with Crippen molar-refractivity contribution < 1.29 is 23.8 Å². The van der Waals surface area contributed by atoms with Crippen molar-refractivity contribution in [3.8, 4) is 11.5 Å². The van der Waals surface area contributed by atoms with Crippen molar-refractivity contribution in [1.29, 1.82) is 0 Å². The first-order valence-corrected chi connectivity index (χ1v) is 13.3. The molecule has 0 bridgehead atoms. The van der Waals surface area contributed by atoms with E-state index in [0.29, 0.717) is 72.3 Å². The zero-order chi connectivity index (χ0) is 25.7. The number of nitrogens with zero attached hydrogens (tertiary/aromatic N) is 3. The van der Waals surface area contributed by atoms with Crippen LogP contribution in [-0.2, 0) is 9.53 Å². The van der Waals surface area contributed by atoms with E-state index in [0.717, 1.165) is 10.0 Å². The summed E-state index contributed by atoms with van der Waals surface area (Å²) in [5.74, 6) is 1.04. The normalized spacial score (nSPS) is 18.3. The first-order chi connectivity index (χ1) is 17.4. The smallest absolute Gasteiger partial charge is 0.266 e. The highest BCUT2D eigenvalue weighted by molar-refractivity contribution is 9.10. The van der Waals surface area contributed by atoms with Crippen LogP contribution in [0.15, 0.2) is 50.8 Å². The van der Waals surface area contributed by atoms with Gasteiger partial charge in [-0.1, -0.05) is 6.07 Å². The van der Waals surface area contributed by atoms with Gasteiger partial charge in [0.05, 0.1) is 42.0 Å². The Kier molecular flexibility index (Phi) is 8.71. The average molecular weight is 574 g/mol. The van der Waals surface area contributed by atoms with E-state index in [-0.39, 0.29) is 11.8 Å². The molecule has 0 saturated carbocycles. The number of rotatable bonds is 7. The van der Waals surface area contributed by atoms with E-state index in [4.69, 9.17) is 19.2 Å². The maximum atomic E-state index is 13.1. The first kappa shape index (κ1) is 26.2. The van der Waals surface area contributed by atoms with E-state index in [1.807, 2.05) is 44.2 Å². The molecule has 2 aliphatic rings. The zero-order valence-corrected chi connectivity index (χ0v) is 22.9. The number of aliphatic imine (C=N–C) groups is 1. The quantitative estimate of drug-likeness (QED) is 0.436. The summed E-state index contributed by atoms with van der Waals surface area (Å²) in [6.07, 6.45) is 1.82. The molecule has 0 spiro atoms. The molecule has 0 radical (unpaired) electrons. The number of benzene rings is 2. The fourth-order valence-corrected chi connectivity index (χ4v) is 5.53. The largest absolute Gasteiger partial charge is 0.493 e. The Hall–Kier alpha value is -2.82. The van der Waals surface area contributed by atoms with Gasteiger partial charge in [-0.15, -0.1) is 0 Å². The number of likely N-dealkylation sites (N-methyl/N-ethyl adjacent to an activating group) is 1. The van der Waals surface area contributed by atoms with Gasteiger partial charge in [-0.2, -0.15) is 0 Å². The monoisotopic (exact) mass is 573 g/mol. The van der Waals surface area contributed by atoms with Crippen LogP contribution >= 0.6 is 27.7 Å². The Labute approximate surface area is 223 Å². The van der Waals surface area contributed by atoms with E-state index in [2.05, 4.69) is 15.9 Å². The van der Waals surface area contributed by atoms with Gasteiger partial charge in [0.25, 0.3) is 11.8 Å². The van der Waals surface area contributed by atoms with E-state index in [9.17, 15) is 9.59 Å². The number of carbonyl (C=O) groups is 2. The lowest BCUT2D eigenvalue weighted by atomic mass is 10.1. The van der Waals surface area contributed by atoms with Gasteiger partial charge in [0, 0.05) is 25.2 Å². The van der Waals surface area contributed by atoms with Crippen LogP contribution in [-0.4, -0.2) is 73.3 Å². The predicted octanol–water partition coefficient (Wildman–Crippen LogP) is 4.95. The van der Waals surface area contributed by atoms with E-state index >= 15 is 0 Å². The second kappa shape index (κ2) is 11.9. The molecule has 0 aromatic heterocycles. The second-order valence-corrected chi connectivity index (χ2v) is 9.84. The fraction of sp³-hybridized carbons (Fsp3) is 0.346. The highest BCUT2D eigenvalue weighted by Crippen LogP contribution is 2.39. The zero-order valence-electron chi connectivity index (χ0n) is 20.5. The Morgan fingerprint density at radius 3 is 2.69 bits per heavy atom. The average Bonchev–Trinajstić information content (AvgIpc) is 3.18. The summed E-state index contributed by atoms with van der Waals surface area (Å²) in [6.45, 7) is 7.04. The van der Waals surface area contributed by atoms with Crippen LogP contribution in [0.1, 0.15) is 29.8 Å². The Morgan fingerprint density at radius 1 is 1.22 bits per heavy atom. The van der Waals surface area contributed by atoms with E-state index < -0.39 is 0 Å². The third-order valence-electron chi connectivity index (χ3n) is 5.66. The van der Waals surface area contributed by atoms with Gasteiger partial charge >= 0.3 is 0 Å². The maximum Gasteiger partial charge on any atom is 0.266 e. The fourth-order valence-electron chi connectivity index (χ4n) is 3.90. The summed E-state index contributed by atoms with van der Waals surface area (Å²) >= 11 is 4.84. The van der Waals surface area contributed by atoms with Gasteiger partial charge in [-0.05, 0) is 83.5 Å². The number of amides is 2. The Morgan fingerprint density at radius 2 is 2.00 bits per heavy atom. The molecule has 36 heavy (non-hydrogen) atoms. The molecule has 2 aromatic rings. The molecule has 10 heteroatoms. The third kappa shape index (κ3) is 5.77. The van der Waals surface area contributed by atoms with Crippen LogP contribution in [0, 0.1) is 0 Å². The van der Waals surface area contributed by atoms with Gasteiger partial charge in [0.15, 0.2) is 16.7 Å². The highest BCUT2D eigenvalue weighted by Gasteiger charge is 2.32. The minimum absolute atomic E-state index is 0.0431. The molecule has 2 heterocycles.